The van der Waals surface area contributed by atoms with Gasteiger partial charge in [-0.1, -0.05) is 0 Å². The van der Waals surface area contributed by atoms with Crippen molar-refractivity contribution in [3.8, 4) is 0 Å². The summed E-state index contributed by atoms with van der Waals surface area (Å²) in [7, 11) is 0. The molecule has 0 unspecified atom stereocenters. The highest BCUT2D eigenvalue weighted by Gasteiger charge is 2.07. The zero-order valence-electron chi connectivity index (χ0n) is 9.79. The lowest BCUT2D eigenvalue weighted by Gasteiger charge is -2.03. The molecule has 0 saturated heterocycles. The van der Waals surface area contributed by atoms with Gasteiger partial charge in [0, 0.05) is 12.5 Å². The molecule has 0 aromatic carbocycles. The highest BCUT2D eigenvalue weighted by Crippen LogP contribution is 1.95. The summed E-state index contributed by atoms with van der Waals surface area (Å²) in [5, 5.41) is 13.5. The maximum atomic E-state index is 11.6. The Kier molecular flexibility index (Phi) is 3.55. The van der Waals surface area contributed by atoms with Crippen molar-refractivity contribution in [1.29, 1.82) is 0 Å². The fourth-order valence-corrected chi connectivity index (χ4v) is 1.46. The molecular formula is C10H11N5O4. The van der Waals surface area contributed by atoms with Gasteiger partial charge in [0.2, 0.25) is 5.91 Å². The van der Waals surface area contributed by atoms with Gasteiger partial charge in [-0.05, 0) is 0 Å². The first-order valence-corrected chi connectivity index (χ1v) is 5.47. The third kappa shape index (κ3) is 3.15. The van der Waals surface area contributed by atoms with E-state index >= 15 is 0 Å². The van der Waals surface area contributed by atoms with Crippen LogP contribution in [0.2, 0.25) is 0 Å². The predicted molar refractivity (Wildman–Crippen MR) is 62.3 cm³/mol. The smallest absolute Gasteiger partial charge is 0.303 e. The lowest BCUT2D eigenvalue weighted by Crippen LogP contribution is -2.25. The summed E-state index contributed by atoms with van der Waals surface area (Å²) < 4.78 is 1.16. The molecule has 3 N–H and O–H groups in total. The van der Waals surface area contributed by atoms with Gasteiger partial charge in [0.05, 0.1) is 18.7 Å². The molecule has 0 aliphatic rings. The zero-order chi connectivity index (χ0) is 13.8. The molecule has 9 nitrogen and oxygen atoms in total. The van der Waals surface area contributed by atoms with E-state index in [0.29, 0.717) is 5.69 Å². The van der Waals surface area contributed by atoms with Crippen LogP contribution in [-0.4, -0.2) is 36.6 Å². The van der Waals surface area contributed by atoms with Crippen LogP contribution in [0.15, 0.2) is 17.2 Å². The van der Waals surface area contributed by atoms with Crippen molar-refractivity contribution in [2.75, 3.05) is 0 Å². The Labute approximate surface area is 106 Å². The lowest BCUT2D eigenvalue weighted by molar-refractivity contribution is -0.138. The van der Waals surface area contributed by atoms with Gasteiger partial charge in [-0.3, -0.25) is 19.5 Å². The Morgan fingerprint density at radius 1 is 1.42 bits per heavy atom. The van der Waals surface area contributed by atoms with E-state index in [1.807, 2.05) is 0 Å². The number of fused-ring (bicyclic) bond motifs is 1. The molecule has 0 radical (unpaired) electrons. The first-order chi connectivity index (χ1) is 9.06. The number of carboxylic acids is 1. The van der Waals surface area contributed by atoms with Crippen molar-refractivity contribution >= 4 is 17.7 Å². The minimum Gasteiger partial charge on any atom is -0.481 e. The van der Waals surface area contributed by atoms with Crippen molar-refractivity contribution in [2.45, 2.75) is 19.4 Å². The standard InChI is InChI=1S/C10H11N5O4/c16-7(1-2-9(18)19)11-4-6-3-8(17)15-10(14-6)12-5-13-15/h3,5H,1-2,4H2,(H,11,16)(H,18,19)(H,12,13,14). The fourth-order valence-electron chi connectivity index (χ4n) is 1.46. The van der Waals surface area contributed by atoms with Gasteiger partial charge in [0.1, 0.15) is 6.33 Å². The SMILES string of the molecule is O=C(O)CCC(=O)NCc1cc(=O)n2[nH]cnc2n1. The maximum Gasteiger partial charge on any atom is 0.303 e. The van der Waals surface area contributed by atoms with Gasteiger partial charge in [-0.2, -0.15) is 4.52 Å². The highest BCUT2D eigenvalue weighted by molar-refractivity contribution is 5.80. The van der Waals surface area contributed by atoms with Gasteiger partial charge in [-0.15, -0.1) is 0 Å². The molecule has 0 saturated carbocycles. The number of amides is 1. The van der Waals surface area contributed by atoms with Crippen LogP contribution in [0, 0.1) is 0 Å². The van der Waals surface area contributed by atoms with Crippen LogP contribution in [0.5, 0.6) is 0 Å². The summed E-state index contributed by atoms with van der Waals surface area (Å²) in [5.41, 5.74) is 0.0260. The largest absolute Gasteiger partial charge is 0.481 e. The van der Waals surface area contributed by atoms with Crippen LogP contribution in [0.4, 0.5) is 0 Å². The van der Waals surface area contributed by atoms with E-state index in [2.05, 4.69) is 20.4 Å². The quantitative estimate of drug-likeness (QED) is 0.629. The number of nitrogens with one attached hydrogen (secondary N) is 2. The molecule has 9 heteroatoms. The summed E-state index contributed by atoms with van der Waals surface area (Å²) in [6, 6.07) is 1.27. The second-order valence-electron chi connectivity index (χ2n) is 3.78. The second-order valence-corrected chi connectivity index (χ2v) is 3.78. The first-order valence-electron chi connectivity index (χ1n) is 5.47. The van der Waals surface area contributed by atoms with E-state index in [4.69, 9.17) is 5.11 Å². The number of nitrogens with zero attached hydrogens (tertiary/aromatic N) is 3. The van der Waals surface area contributed by atoms with Crippen LogP contribution in [0.3, 0.4) is 0 Å². The number of carbonyl (C=O) groups excluding carboxylic acids is 1. The van der Waals surface area contributed by atoms with E-state index in [1.54, 1.807) is 0 Å². The molecule has 2 rings (SSSR count). The second kappa shape index (κ2) is 5.29. The molecule has 1 amide bonds. The van der Waals surface area contributed by atoms with E-state index < -0.39 is 11.9 Å². The number of H-pyrrole nitrogens is 1. The number of rotatable bonds is 5. The molecular weight excluding hydrogens is 254 g/mol. The molecule has 2 aromatic rings. The summed E-state index contributed by atoms with van der Waals surface area (Å²) in [6.07, 6.45) is 0.984. The van der Waals surface area contributed by atoms with Crippen LogP contribution in [-0.2, 0) is 16.1 Å². The topological polar surface area (TPSA) is 129 Å². The van der Waals surface area contributed by atoms with Gasteiger partial charge >= 0.3 is 5.97 Å². The Morgan fingerprint density at radius 2 is 2.21 bits per heavy atom. The zero-order valence-corrected chi connectivity index (χ0v) is 9.79. The molecule has 0 bridgehead atoms. The van der Waals surface area contributed by atoms with Crippen molar-refractivity contribution in [3.63, 3.8) is 0 Å². The third-order valence-corrected chi connectivity index (χ3v) is 2.35. The van der Waals surface area contributed by atoms with E-state index in [0.717, 1.165) is 4.52 Å². The van der Waals surface area contributed by atoms with Gasteiger partial charge in [0.25, 0.3) is 11.3 Å². The highest BCUT2D eigenvalue weighted by atomic mass is 16.4. The van der Waals surface area contributed by atoms with Gasteiger partial charge in [-0.25, -0.2) is 9.97 Å². The molecule has 2 heterocycles. The number of carbonyl (C=O) groups is 2. The number of hydrogen-bond acceptors (Lipinski definition) is 5. The molecule has 0 spiro atoms. The first kappa shape index (κ1) is 12.7. The number of aliphatic carboxylic acids is 1. The van der Waals surface area contributed by atoms with Crippen LogP contribution in [0.1, 0.15) is 18.5 Å². The molecule has 0 fully saturated rings. The number of carboxylic acid groups (broad SMARTS) is 1. The molecule has 2 aromatic heterocycles. The Morgan fingerprint density at radius 3 is 2.95 bits per heavy atom. The summed E-state index contributed by atoms with van der Waals surface area (Å²) in [6.45, 7) is 0.0526. The molecule has 19 heavy (non-hydrogen) atoms. The van der Waals surface area contributed by atoms with E-state index in [1.165, 1.54) is 12.4 Å². The Bertz CT molecular complexity index is 674. The van der Waals surface area contributed by atoms with Gasteiger partial charge in [0.15, 0.2) is 0 Å². The van der Waals surface area contributed by atoms with E-state index in [9.17, 15) is 14.4 Å². The third-order valence-electron chi connectivity index (χ3n) is 2.35. The van der Waals surface area contributed by atoms with Crippen molar-refractivity contribution in [3.05, 3.63) is 28.4 Å². The normalized spacial score (nSPS) is 10.5. The fraction of sp³-hybridized carbons (Fsp3) is 0.300. The van der Waals surface area contributed by atoms with Crippen molar-refractivity contribution in [2.24, 2.45) is 0 Å². The predicted octanol–water partition coefficient (Wildman–Crippen LogP) is -1.10. The summed E-state index contributed by atoms with van der Waals surface area (Å²) in [4.78, 5) is 41.1. The van der Waals surface area contributed by atoms with E-state index in [-0.39, 0.29) is 30.7 Å². The maximum absolute atomic E-state index is 11.6. The minimum absolute atomic E-state index is 0.0526. The molecule has 0 atom stereocenters. The lowest BCUT2D eigenvalue weighted by atomic mass is 10.3. The summed E-state index contributed by atoms with van der Waals surface area (Å²) >= 11 is 0. The molecule has 0 aliphatic carbocycles. The monoisotopic (exact) mass is 265 g/mol. The Balaban J connectivity index is 2.00. The minimum atomic E-state index is -1.04. The summed E-state index contributed by atoms with van der Waals surface area (Å²) in [5.74, 6) is -1.24. The molecule has 0 aliphatic heterocycles. The van der Waals surface area contributed by atoms with Crippen molar-refractivity contribution in [1.82, 2.24) is 24.9 Å². The van der Waals surface area contributed by atoms with Crippen LogP contribution < -0.4 is 10.9 Å². The van der Waals surface area contributed by atoms with Crippen LogP contribution >= 0.6 is 0 Å². The average Bonchev–Trinajstić information content (AvgIpc) is 2.82. The van der Waals surface area contributed by atoms with Crippen molar-refractivity contribution < 1.29 is 14.7 Å². The number of aromatic nitrogens is 4. The van der Waals surface area contributed by atoms with Gasteiger partial charge < -0.3 is 10.4 Å². The van der Waals surface area contributed by atoms with Crippen LogP contribution in [0.25, 0.3) is 5.78 Å². The average molecular weight is 265 g/mol. The Hall–Kier alpha value is -2.71. The number of hydrogen-bond donors (Lipinski definition) is 3. The molecule has 100 valence electrons. The number of aromatic amines is 1.